The molecule has 2 aromatic rings. The lowest BCUT2D eigenvalue weighted by molar-refractivity contribution is -0.132. The van der Waals surface area contributed by atoms with E-state index in [2.05, 4.69) is 21.9 Å². The second kappa shape index (κ2) is 6.22. The van der Waals surface area contributed by atoms with Crippen molar-refractivity contribution in [1.29, 1.82) is 0 Å². The minimum atomic E-state index is 0.271. The largest absolute Gasteiger partial charge is 0.341 e. The molecule has 1 aliphatic heterocycles. The van der Waals surface area contributed by atoms with Crippen molar-refractivity contribution in [2.45, 2.75) is 31.7 Å². The van der Waals surface area contributed by atoms with Gasteiger partial charge in [0.25, 0.3) is 0 Å². The third-order valence-electron chi connectivity index (χ3n) is 3.86. The summed E-state index contributed by atoms with van der Waals surface area (Å²) in [6.07, 6.45) is 7.43. The molecule has 0 N–H and O–H groups in total. The smallest absolute Gasteiger partial charge is 0.222 e. The molecule has 5 heteroatoms. The fourth-order valence-corrected chi connectivity index (χ4v) is 3.44. The van der Waals surface area contributed by atoms with Gasteiger partial charge >= 0.3 is 0 Å². The maximum absolute atomic E-state index is 12.3. The van der Waals surface area contributed by atoms with Crippen LogP contribution in [0.3, 0.4) is 0 Å². The van der Waals surface area contributed by atoms with Crippen LogP contribution >= 0.6 is 11.3 Å². The molecule has 1 amide bonds. The Morgan fingerprint density at radius 3 is 3.20 bits per heavy atom. The van der Waals surface area contributed by atoms with Gasteiger partial charge < -0.3 is 4.90 Å². The maximum atomic E-state index is 12.3. The van der Waals surface area contributed by atoms with Gasteiger partial charge in [-0.1, -0.05) is 0 Å². The predicted octanol–water partition coefficient (Wildman–Crippen LogP) is 2.74. The van der Waals surface area contributed by atoms with Crippen molar-refractivity contribution < 1.29 is 4.79 Å². The molecule has 1 atom stereocenters. The molecule has 0 spiro atoms. The molecule has 20 heavy (non-hydrogen) atoms. The Morgan fingerprint density at radius 1 is 1.50 bits per heavy atom. The lowest BCUT2D eigenvalue weighted by Gasteiger charge is -2.33. The second-order valence-corrected chi connectivity index (χ2v) is 6.03. The van der Waals surface area contributed by atoms with Crippen molar-refractivity contribution in [1.82, 2.24) is 14.7 Å². The van der Waals surface area contributed by atoms with E-state index in [0.717, 1.165) is 32.4 Å². The standard InChI is InChI=1S/C15H19N3OS/c19-15(5-4-13-6-10-20-12-13)17-8-1-3-14(11-17)18-9-2-7-16-18/h2,6-7,9-10,12,14H,1,3-5,8,11H2/t14-/m1/s1. The molecule has 1 fully saturated rings. The van der Waals surface area contributed by atoms with Crippen LogP contribution in [0.4, 0.5) is 0 Å². The van der Waals surface area contributed by atoms with Crippen LogP contribution in [0, 0.1) is 0 Å². The van der Waals surface area contributed by atoms with E-state index in [-0.39, 0.29) is 5.91 Å². The lowest BCUT2D eigenvalue weighted by atomic mass is 10.0. The normalized spacial score (nSPS) is 19.2. The molecule has 0 saturated carbocycles. The minimum Gasteiger partial charge on any atom is -0.341 e. The van der Waals surface area contributed by atoms with Gasteiger partial charge in [0.1, 0.15) is 0 Å². The van der Waals surface area contributed by atoms with E-state index in [1.54, 1.807) is 17.5 Å². The van der Waals surface area contributed by atoms with Gasteiger partial charge in [0, 0.05) is 31.9 Å². The summed E-state index contributed by atoms with van der Waals surface area (Å²) in [5.74, 6) is 0.271. The number of aryl methyl sites for hydroxylation is 1. The van der Waals surface area contributed by atoms with Crippen molar-refractivity contribution in [3.05, 3.63) is 40.8 Å². The third-order valence-corrected chi connectivity index (χ3v) is 4.59. The van der Waals surface area contributed by atoms with E-state index in [1.807, 2.05) is 21.8 Å². The summed E-state index contributed by atoms with van der Waals surface area (Å²) in [5.41, 5.74) is 1.27. The summed E-state index contributed by atoms with van der Waals surface area (Å²) in [6, 6.07) is 4.38. The first-order valence-corrected chi connectivity index (χ1v) is 8.05. The highest BCUT2D eigenvalue weighted by atomic mass is 32.1. The zero-order chi connectivity index (χ0) is 13.8. The van der Waals surface area contributed by atoms with Crippen LogP contribution in [-0.2, 0) is 11.2 Å². The number of thiophene rings is 1. The van der Waals surface area contributed by atoms with E-state index in [4.69, 9.17) is 0 Å². The highest BCUT2D eigenvalue weighted by Gasteiger charge is 2.24. The number of carbonyl (C=O) groups excluding carboxylic acids is 1. The van der Waals surface area contributed by atoms with Crippen LogP contribution in [0.1, 0.15) is 30.9 Å². The number of aromatic nitrogens is 2. The zero-order valence-corrected chi connectivity index (χ0v) is 12.3. The number of nitrogens with zero attached hydrogens (tertiary/aromatic N) is 3. The fraction of sp³-hybridized carbons (Fsp3) is 0.467. The molecule has 3 heterocycles. The Balaban J connectivity index is 1.55. The molecule has 0 bridgehead atoms. The molecular weight excluding hydrogens is 270 g/mol. The van der Waals surface area contributed by atoms with Gasteiger partial charge in [0.2, 0.25) is 5.91 Å². The van der Waals surface area contributed by atoms with Gasteiger partial charge in [0.05, 0.1) is 6.04 Å². The second-order valence-electron chi connectivity index (χ2n) is 5.25. The van der Waals surface area contributed by atoms with Crippen molar-refractivity contribution >= 4 is 17.2 Å². The quantitative estimate of drug-likeness (QED) is 0.868. The van der Waals surface area contributed by atoms with Gasteiger partial charge in [-0.15, -0.1) is 0 Å². The molecule has 3 rings (SSSR count). The van der Waals surface area contributed by atoms with E-state index < -0.39 is 0 Å². The highest BCUT2D eigenvalue weighted by molar-refractivity contribution is 7.07. The highest BCUT2D eigenvalue weighted by Crippen LogP contribution is 2.21. The van der Waals surface area contributed by atoms with Gasteiger partial charge in [-0.3, -0.25) is 9.48 Å². The number of rotatable bonds is 4. The molecule has 1 aliphatic rings. The Bertz CT molecular complexity index is 535. The summed E-state index contributed by atoms with van der Waals surface area (Å²) < 4.78 is 1.98. The Kier molecular flexibility index (Phi) is 4.16. The minimum absolute atomic E-state index is 0.271. The van der Waals surface area contributed by atoms with Gasteiger partial charge in [-0.2, -0.15) is 16.4 Å². The van der Waals surface area contributed by atoms with Crippen LogP contribution in [-0.4, -0.2) is 33.7 Å². The summed E-state index contributed by atoms with van der Waals surface area (Å²) >= 11 is 1.69. The lowest BCUT2D eigenvalue weighted by Crippen LogP contribution is -2.40. The summed E-state index contributed by atoms with van der Waals surface area (Å²) in [6.45, 7) is 1.68. The number of hydrogen-bond donors (Lipinski definition) is 0. The SMILES string of the molecule is O=C(CCc1ccsc1)N1CCC[C@@H](n2cccn2)C1. The van der Waals surface area contributed by atoms with Gasteiger partial charge in [0.15, 0.2) is 0 Å². The van der Waals surface area contributed by atoms with E-state index >= 15 is 0 Å². The van der Waals surface area contributed by atoms with Crippen LogP contribution in [0.2, 0.25) is 0 Å². The average molecular weight is 289 g/mol. The number of carbonyl (C=O) groups is 1. The van der Waals surface area contributed by atoms with Crippen LogP contribution in [0.25, 0.3) is 0 Å². The molecular formula is C15H19N3OS. The van der Waals surface area contributed by atoms with Crippen molar-refractivity contribution in [2.75, 3.05) is 13.1 Å². The Morgan fingerprint density at radius 2 is 2.45 bits per heavy atom. The van der Waals surface area contributed by atoms with Crippen molar-refractivity contribution in [3.63, 3.8) is 0 Å². The number of piperidine rings is 1. The molecule has 0 unspecified atom stereocenters. The summed E-state index contributed by atoms with van der Waals surface area (Å²) in [5, 5.41) is 8.49. The Hall–Kier alpha value is -1.62. The van der Waals surface area contributed by atoms with Crippen molar-refractivity contribution in [3.8, 4) is 0 Å². The molecule has 1 saturated heterocycles. The van der Waals surface area contributed by atoms with Crippen LogP contribution in [0.5, 0.6) is 0 Å². The number of hydrogen-bond acceptors (Lipinski definition) is 3. The van der Waals surface area contributed by atoms with Crippen LogP contribution < -0.4 is 0 Å². The van der Waals surface area contributed by atoms with E-state index in [9.17, 15) is 4.79 Å². The van der Waals surface area contributed by atoms with Gasteiger partial charge in [-0.05, 0) is 47.7 Å². The van der Waals surface area contributed by atoms with Crippen molar-refractivity contribution in [2.24, 2.45) is 0 Å². The van der Waals surface area contributed by atoms with Gasteiger partial charge in [-0.25, -0.2) is 0 Å². The van der Waals surface area contributed by atoms with E-state index in [1.165, 1.54) is 5.56 Å². The first kappa shape index (κ1) is 13.4. The molecule has 0 aromatic carbocycles. The topological polar surface area (TPSA) is 38.1 Å². The first-order chi connectivity index (χ1) is 9.83. The molecule has 2 aromatic heterocycles. The maximum Gasteiger partial charge on any atom is 0.222 e. The monoisotopic (exact) mass is 289 g/mol. The predicted molar refractivity (Wildman–Crippen MR) is 79.7 cm³/mol. The number of likely N-dealkylation sites (tertiary alicyclic amines) is 1. The summed E-state index contributed by atoms with van der Waals surface area (Å²) in [7, 11) is 0. The van der Waals surface area contributed by atoms with Crippen LogP contribution in [0.15, 0.2) is 35.3 Å². The number of amides is 1. The fourth-order valence-electron chi connectivity index (χ4n) is 2.74. The third kappa shape index (κ3) is 3.10. The molecule has 0 radical (unpaired) electrons. The molecule has 106 valence electrons. The first-order valence-electron chi connectivity index (χ1n) is 7.11. The summed E-state index contributed by atoms with van der Waals surface area (Å²) in [4.78, 5) is 14.3. The molecule has 0 aliphatic carbocycles. The average Bonchev–Trinajstić information content (AvgIpc) is 3.18. The zero-order valence-electron chi connectivity index (χ0n) is 11.4. The molecule has 4 nitrogen and oxygen atoms in total. The Labute approximate surface area is 123 Å². The van der Waals surface area contributed by atoms with E-state index in [0.29, 0.717) is 12.5 Å².